The molecule has 3 rings (SSSR count). The van der Waals surface area contributed by atoms with Crippen molar-refractivity contribution >= 4 is 39.2 Å². The van der Waals surface area contributed by atoms with E-state index in [4.69, 9.17) is 5.73 Å². The Balaban J connectivity index is 1.96. The topological polar surface area (TPSA) is 68.9 Å². The summed E-state index contributed by atoms with van der Waals surface area (Å²) in [7, 11) is 0. The highest BCUT2D eigenvalue weighted by Gasteiger charge is 2.14. The summed E-state index contributed by atoms with van der Waals surface area (Å²) in [6.45, 7) is 1.91. The molecule has 0 aliphatic rings. The maximum Gasteiger partial charge on any atom is 0.217 e. The van der Waals surface area contributed by atoms with Crippen LogP contribution in [-0.2, 0) is 4.79 Å². The quantitative estimate of drug-likeness (QED) is 0.417. The Morgan fingerprint density at radius 2 is 2.04 bits per heavy atom. The summed E-state index contributed by atoms with van der Waals surface area (Å²) in [5.74, 6) is 1.34. The third-order valence-electron chi connectivity index (χ3n) is 3.40. The van der Waals surface area contributed by atoms with Gasteiger partial charge in [0.05, 0.1) is 5.39 Å². The first-order valence-corrected chi connectivity index (χ1v) is 9.24. The third-order valence-corrected chi connectivity index (χ3v) is 5.34. The minimum Gasteiger partial charge on any atom is -0.370 e. The van der Waals surface area contributed by atoms with Gasteiger partial charge in [-0.2, -0.15) is 0 Å². The molecular weight excluding hydrogens is 326 g/mol. The van der Waals surface area contributed by atoms with Gasteiger partial charge in [0.2, 0.25) is 5.91 Å². The number of thiophene rings is 1. The van der Waals surface area contributed by atoms with Crippen LogP contribution in [0.5, 0.6) is 0 Å². The molecule has 0 unspecified atom stereocenters. The highest BCUT2D eigenvalue weighted by atomic mass is 32.2. The van der Waals surface area contributed by atoms with Gasteiger partial charge in [-0.25, -0.2) is 9.97 Å². The van der Waals surface area contributed by atoms with Gasteiger partial charge in [0.15, 0.2) is 0 Å². The van der Waals surface area contributed by atoms with Crippen molar-refractivity contribution in [2.75, 3.05) is 5.75 Å². The van der Waals surface area contributed by atoms with Crippen LogP contribution in [0.4, 0.5) is 0 Å². The van der Waals surface area contributed by atoms with Gasteiger partial charge in [-0.15, -0.1) is 23.1 Å². The number of carbonyl (C=O) groups is 1. The van der Waals surface area contributed by atoms with Crippen LogP contribution in [0.3, 0.4) is 0 Å². The van der Waals surface area contributed by atoms with Crippen molar-refractivity contribution < 1.29 is 4.79 Å². The number of hydrogen-bond donors (Lipinski definition) is 1. The zero-order valence-electron chi connectivity index (χ0n) is 12.8. The van der Waals surface area contributed by atoms with Crippen LogP contribution in [0.2, 0.25) is 0 Å². The number of rotatable bonds is 6. The molecule has 0 saturated carbocycles. The smallest absolute Gasteiger partial charge is 0.217 e. The zero-order valence-corrected chi connectivity index (χ0v) is 14.4. The predicted molar refractivity (Wildman–Crippen MR) is 96.7 cm³/mol. The van der Waals surface area contributed by atoms with Crippen molar-refractivity contribution in [2.24, 2.45) is 5.73 Å². The fraction of sp³-hybridized carbons (Fsp3) is 0.235. The number of fused-ring (bicyclic) bond motifs is 1. The van der Waals surface area contributed by atoms with E-state index in [1.165, 1.54) is 11.1 Å². The lowest BCUT2D eigenvalue weighted by molar-refractivity contribution is -0.118. The number of nitrogens with zero attached hydrogens (tertiary/aromatic N) is 2. The summed E-state index contributed by atoms with van der Waals surface area (Å²) >= 11 is 3.31. The molecule has 1 aromatic carbocycles. The largest absolute Gasteiger partial charge is 0.370 e. The van der Waals surface area contributed by atoms with E-state index in [9.17, 15) is 4.79 Å². The summed E-state index contributed by atoms with van der Waals surface area (Å²) in [5, 5.41) is 4.23. The normalized spacial score (nSPS) is 11.0. The Hall–Kier alpha value is -1.92. The standard InChI is InChI=1S/C17H17N3OS2/c1-11-19-16(22-9-5-8-14(18)21)15-13(10-23-17(15)20-11)12-6-3-2-4-7-12/h2-4,6-7,10H,5,8-9H2,1H3,(H2,18,21). The van der Waals surface area contributed by atoms with E-state index in [2.05, 4.69) is 27.5 Å². The van der Waals surface area contributed by atoms with Gasteiger partial charge in [0.25, 0.3) is 0 Å². The lowest BCUT2D eigenvalue weighted by atomic mass is 10.1. The first kappa shape index (κ1) is 16.0. The van der Waals surface area contributed by atoms with E-state index in [0.717, 1.165) is 33.2 Å². The molecule has 0 bridgehead atoms. The van der Waals surface area contributed by atoms with E-state index in [1.807, 2.05) is 25.1 Å². The SMILES string of the molecule is Cc1nc(SCCCC(N)=O)c2c(-c3ccccc3)csc2n1. The van der Waals surface area contributed by atoms with Gasteiger partial charge < -0.3 is 5.73 Å². The van der Waals surface area contributed by atoms with Crippen molar-refractivity contribution in [1.82, 2.24) is 9.97 Å². The van der Waals surface area contributed by atoms with Crippen molar-refractivity contribution in [1.29, 1.82) is 0 Å². The van der Waals surface area contributed by atoms with Crippen LogP contribution in [0.1, 0.15) is 18.7 Å². The van der Waals surface area contributed by atoms with Crippen molar-refractivity contribution in [3.05, 3.63) is 41.5 Å². The number of amides is 1. The van der Waals surface area contributed by atoms with Crippen LogP contribution in [-0.4, -0.2) is 21.6 Å². The second-order valence-corrected chi connectivity index (χ2v) is 7.13. The molecule has 0 spiro atoms. The number of benzene rings is 1. The molecule has 3 aromatic rings. The number of hydrogen-bond acceptors (Lipinski definition) is 5. The van der Waals surface area contributed by atoms with Gasteiger partial charge >= 0.3 is 0 Å². The summed E-state index contributed by atoms with van der Waals surface area (Å²) < 4.78 is 0. The van der Waals surface area contributed by atoms with E-state index < -0.39 is 0 Å². The molecule has 23 heavy (non-hydrogen) atoms. The van der Waals surface area contributed by atoms with Crippen LogP contribution in [0.25, 0.3) is 21.3 Å². The van der Waals surface area contributed by atoms with Gasteiger partial charge in [0.1, 0.15) is 15.7 Å². The number of aryl methyl sites for hydroxylation is 1. The predicted octanol–water partition coefficient (Wildman–Crippen LogP) is 4.02. The summed E-state index contributed by atoms with van der Waals surface area (Å²) in [6.07, 6.45) is 1.17. The van der Waals surface area contributed by atoms with Crippen LogP contribution >= 0.6 is 23.1 Å². The maximum atomic E-state index is 10.9. The molecule has 0 saturated heterocycles. The number of nitrogens with two attached hydrogens (primary N) is 1. The van der Waals surface area contributed by atoms with Crippen molar-refractivity contribution in [3.63, 3.8) is 0 Å². The number of carbonyl (C=O) groups excluding carboxylic acids is 1. The van der Waals surface area contributed by atoms with Crippen molar-refractivity contribution in [3.8, 4) is 11.1 Å². The highest BCUT2D eigenvalue weighted by Crippen LogP contribution is 2.38. The minimum atomic E-state index is -0.255. The van der Waals surface area contributed by atoms with Crippen LogP contribution in [0, 0.1) is 6.92 Å². The summed E-state index contributed by atoms with van der Waals surface area (Å²) in [5.41, 5.74) is 7.54. The number of aromatic nitrogens is 2. The van der Waals surface area contributed by atoms with E-state index in [-0.39, 0.29) is 5.91 Å². The molecule has 0 radical (unpaired) electrons. The van der Waals surface area contributed by atoms with E-state index >= 15 is 0 Å². The maximum absolute atomic E-state index is 10.9. The molecule has 118 valence electrons. The Bertz CT molecular complexity index is 830. The lowest BCUT2D eigenvalue weighted by Gasteiger charge is -2.06. The Kier molecular flexibility index (Phi) is 4.93. The second kappa shape index (κ2) is 7.10. The third kappa shape index (κ3) is 3.71. The highest BCUT2D eigenvalue weighted by molar-refractivity contribution is 7.99. The molecule has 0 aliphatic carbocycles. The molecule has 1 amide bonds. The molecule has 6 heteroatoms. The summed E-state index contributed by atoms with van der Waals surface area (Å²) in [6, 6.07) is 10.3. The first-order valence-electron chi connectivity index (χ1n) is 7.37. The number of thioether (sulfide) groups is 1. The lowest BCUT2D eigenvalue weighted by Crippen LogP contribution is -2.10. The Morgan fingerprint density at radius 1 is 1.26 bits per heavy atom. The van der Waals surface area contributed by atoms with Crippen molar-refractivity contribution in [2.45, 2.75) is 24.8 Å². The molecule has 2 aromatic heterocycles. The minimum absolute atomic E-state index is 0.255. The van der Waals surface area contributed by atoms with E-state index in [0.29, 0.717) is 6.42 Å². The van der Waals surface area contributed by atoms with Crippen LogP contribution < -0.4 is 5.73 Å². The average molecular weight is 343 g/mol. The monoisotopic (exact) mass is 343 g/mol. The number of primary amides is 1. The van der Waals surface area contributed by atoms with E-state index in [1.54, 1.807) is 23.1 Å². The Morgan fingerprint density at radius 3 is 2.78 bits per heavy atom. The first-order chi connectivity index (χ1) is 11.1. The molecule has 2 heterocycles. The molecule has 0 fully saturated rings. The van der Waals surface area contributed by atoms with Gasteiger partial charge in [0, 0.05) is 23.1 Å². The van der Waals surface area contributed by atoms with Gasteiger partial charge in [-0.05, 0) is 18.9 Å². The van der Waals surface area contributed by atoms with Gasteiger partial charge in [-0.3, -0.25) is 4.79 Å². The average Bonchev–Trinajstić information content (AvgIpc) is 2.95. The molecular formula is C17H17N3OS2. The molecule has 0 aliphatic heterocycles. The van der Waals surface area contributed by atoms with Crippen LogP contribution in [0.15, 0.2) is 40.7 Å². The zero-order chi connectivity index (χ0) is 16.2. The fourth-order valence-corrected chi connectivity index (χ4v) is 4.45. The molecule has 2 N–H and O–H groups in total. The summed E-state index contributed by atoms with van der Waals surface area (Å²) in [4.78, 5) is 21.0. The van der Waals surface area contributed by atoms with Gasteiger partial charge in [-0.1, -0.05) is 30.3 Å². The molecule has 4 nitrogen and oxygen atoms in total. The second-order valence-electron chi connectivity index (χ2n) is 5.19. The fourth-order valence-electron chi connectivity index (χ4n) is 2.36. The Labute approximate surface area is 143 Å². The molecule has 0 atom stereocenters.